The highest BCUT2D eigenvalue weighted by Crippen LogP contribution is 1.90. The van der Waals surface area contributed by atoms with E-state index in [1.807, 2.05) is 31.2 Å². The molecule has 0 saturated heterocycles. The molecule has 0 atom stereocenters. The molecule has 1 N–H and O–H groups in total. The first-order valence-corrected chi connectivity index (χ1v) is 2.99. The van der Waals surface area contributed by atoms with Crippen molar-refractivity contribution in [2.24, 2.45) is 0 Å². The number of rotatable bonds is 1. The molecule has 0 aromatic heterocycles. The molecule has 0 fully saturated rings. The maximum Gasteiger partial charge on any atom is 0.304 e. The molecule has 0 heterocycles. The van der Waals surface area contributed by atoms with Crippen LogP contribution in [0.5, 0.6) is 0 Å². The van der Waals surface area contributed by atoms with Crippen LogP contribution in [0.25, 0.3) is 0 Å². The van der Waals surface area contributed by atoms with Crippen LogP contribution in [0.2, 0.25) is 0 Å². The molecule has 0 bridgehead atoms. The van der Waals surface area contributed by atoms with Crippen molar-refractivity contribution in [3.05, 3.63) is 29.8 Å². The van der Waals surface area contributed by atoms with E-state index in [4.69, 9.17) is 5.02 Å². The first-order valence-electron chi connectivity index (χ1n) is 2.99. The lowest BCUT2D eigenvalue weighted by molar-refractivity contribution is 0.615. The van der Waals surface area contributed by atoms with E-state index in [0.29, 0.717) is 0 Å². The first kappa shape index (κ1) is 6.37. The number of hydrogen-bond donors (Lipinski definition) is 1. The Kier molecular flexibility index (Phi) is 1.90. The minimum Gasteiger partial charge on any atom is -0.449 e. The van der Waals surface area contributed by atoms with Gasteiger partial charge in [0.2, 0.25) is 0 Å². The summed E-state index contributed by atoms with van der Waals surface area (Å²) in [6, 6.07) is 7.84. The van der Waals surface area contributed by atoms with Gasteiger partial charge in [-0.3, -0.25) is 0 Å². The summed E-state index contributed by atoms with van der Waals surface area (Å²) in [5, 5.41) is 8.63. The minimum atomic E-state index is 0.139. The molecule has 0 aliphatic heterocycles. The molecule has 1 aromatic carbocycles. The Morgan fingerprint density at radius 2 is 1.78 bits per heavy atom. The summed E-state index contributed by atoms with van der Waals surface area (Å²) in [6.45, 7) is 2.03. The second-order valence-electron chi connectivity index (χ2n) is 2.14. The summed E-state index contributed by atoms with van der Waals surface area (Å²) < 4.78 is 0. The van der Waals surface area contributed by atoms with Gasteiger partial charge in [-0.25, -0.2) is 0 Å². The third-order valence-electron chi connectivity index (χ3n) is 1.30. The maximum absolute atomic E-state index is 8.63. The maximum atomic E-state index is 8.63. The molecule has 0 unspecified atom stereocenters. The van der Waals surface area contributed by atoms with Crippen molar-refractivity contribution in [1.29, 1.82) is 0 Å². The van der Waals surface area contributed by atoms with Gasteiger partial charge in [0.25, 0.3) is 0 Å². The van der Waals surface area contributed by atoms with Crippen LogP contribution >= 0.6 is 0 Å². The van der Waals surface area contributed by atoms with Gasteiger partial charge >= 0.3 is 7.48 Å². The van der Waals surface area contributed by atoms with Crippen LogP contribution in [-0.4, -0.2) is 12.5 Å². The van der Waals surface area contributed by atoms with Crippen molar-refractivity contribution in [1.82, 2.24) is 0 Å². The van der Waals surface area contributed by atoms with Crippen molar-refractivity contribution in [2.75, 3.05) is 0 Å². The van der Waals surface area contributed by atoms with Gasteiger partial charge in [0.05, 0.1) is 0 Å². The lowest BCUT2D eigenvalue weighted by Gasteiger charge is -1.92. The molecule has 9 heavy (non-hydrogen) atoms. The van der Waals surface area contributed by atoms with Crippen molar-refractivity contribution >= 4 is 12.9 Å². The average molecular weight is 120 g/mol. The predicted octanol–water partition coefficient (Wildman–Crippen LogP) is -0.0359. The zero-order chi connectivity index (χ0) is 6.69. The standard InChI is InChI=1S/C7H9BO/c1-6-2-4-7(8-9)5-3-6/h2-5,8-9H,1H3. The highest BCUT2D eigenvalue weighted by atomic mass is 16.2. The fourth-order valence-electron chi connectivity index (χ4n) is 0.693. The van der Waals surface area contributed by atoms with Gasteiger partial charge in [-0.15, -0.1) is 0 Å². The van der Waals surface area contributed by atoms with Gasteiger partial charge in [-0.05, 0) is 6.92 Å². The zero-order valence-electron chi connectivity index (χ0n) is 5.46. The van der Waals surface area contributed by atoms with Crippen LogP contribution in [0.15, 0.2) is 24.3 Å². The van der Waals surface area contributed by atoms with Crippen LogP contribution in [0.1, 0.15) is 5.56 Å². The Hall–Kier alpha value is -0.755. The summed E-state index contributed by atoms with van der Waals surface area (Å²) in [7, 11) is 0.139. The quantitative estimate of drug-likeness (QED) is 0.515. The van der Waals surface area contributed by atoms with E-state index >= 15 is 0 Å². The third-order valence-corrected chi connectivity index (χ3v) is 1.30. The fourth-order valence-corrected chi connectivity index (χ4v) is 0.693. The average Bonchev–Trinajstić information content (AvgIpc) is 1.90. The normalized spacial score (nSPS) is 9.11. The smallest absolute Gasteiger partial charge is 0.304 e. The minimum absolute atomic E-state index is 0.139. The largest absolute Gasteiger partial charge is 0.449 e. The van der Waals surface area contributed by atoms with Crippen molar-refractivity contribution in [2.45, 2.75) is 6.92 Å². The van der Waals surface area contributed by atoms with E-state index in [-0.39, 0.29) is 7.48 Å². The fraction of sp³-hybridized carbons (Fsp3) is 0.143. The molecule has 0 amide bonds. The Labute approximate surface area is 55.6 Å². The molecule has 0 aliphatic rings. The monoisotopic (exact) mass is 120 g/mol. The summed E-state index contributed by atoms with van der Waals surface area (Å²) in [6.07, 6.45) is 0. The Balaban J connectivity index is 2.88. The Morgan fingerprint density at radius 1 is 1.22 bits per heavy atom. The van der Waals surface area contributed by atoms with Crippen LogP contribution in [0.3, 0.4) is 0 Å². The van der Waals surface area contributed by atoms with Gasteiger partial charge in [0, 0.05) is 0 Å². The highest BCUT2D eigenvalue weighted by Gasteiger charge is 1.88. The summed E-state index contributed by atoms with van der Waals surface area (Å²) >= 11 is 0. The van der Waals surface area contributed by atoms with Crippen LogP contribution in [0.4, 0.5) is 0 Å². The van der Waals surface area contributed by atoms with Gasteiger partial charge in [0.1, 0.15) is 0 Å². The molecule has 1 nitrogen and oxygen atoms in total. The van der Waals surface area contributed by atoms with Gasteiger partial charge in [0.15, 0.2) is 0 Å². The zero-order valence-corrected chi connectivity index (χ0v) is 5.46. The van der Waals surface area contributed by atoms with E-state index in [1.165, 1.54) is 5.56 Å². The molecule has 1 aromatic rings. The molecule has 0 radical (unpaired) electrons. The second-order valence-corrected chi connectivity index (χ2v) is 2.14. The second kappa shape index (κ2) is 2.69. The Morgan fingerprint density at radius 3 is 2.22 bits per heavy atom. The summed E-state index contributed by atoms with van der Waals surface area (Å²) in [5.74, 6) is 0. The first-order chi connectivity index (χ1) is 4.33. The van der Waals surface area contributed by atoms with E-state index in [9.17, 15) is 0 Å². The third kappa shape index (κ3) is 1.58. The summed E-state index contributed by atoms with van der Waals surface area (Å²) in [5.41, 5.74) is 2.20. The molecule has 0 saturated carbocycles. The molecule has 46 valence electrons. The molecular weight excluding hydrogens is 111 g/mol. The van der Waals surface area contributed by atoms with Gasteiger partial charge in [-0.1, -0.05) is 35.3 Å². The SMILES string of the molecule is Cc1ccc(BO)cc1. The molecule has 0 spiro atoms. The number of hydrogen-bond acceptors (Lipinski definition) is 1. The molecule has 0 aliphatic carbocycles. The van der Waals surface area contributed by atoms with Gasteiger partial charge in [-0.2, -0.15) is 0 Å². The van der Waals surface area contributed by atoms with Crippen LogP contribution in [-0.2, 0) is 0 Å². The topological polar surface area (TPSA) is 20.2 Å². The lowest BCUT2D eigenvalue weighted by atomic mass is 9.88. The lowest BCUT2D eigenvalue weighted by Crippen LogP contribution is -2.11. The molecular formula is C7H9BO. The van der Waals surface area contributed by atoms with E-state index < -0.39 is 0 Å². The van der Waals surface area contributed by atoms with E-state index in [0.717, 1.165) is 5.46 Å². The van der Waals surface area contributed by atoms with Crippen LogP contribution < -0.4 is 5.46 Å². The van der Waals surface area contributed by atoms with E-state index in [1.54, 1.807) is 0 Å². The van der Waals surface area contributed by atoms with Gasteiger partial charge < -0.3 is 5.02 Å². The Bertz CT molecular complexity index is 181. The number of aryl methyl sites for hydroxylation is 1. The molecule has 2 heteroatoms. The highest BCUT2D eigenvalue weighted by molar-refractivity contribution is 6.45. The molecule has 1 rings (SSSR count). The van der Waals surface area contributed by atoms with Crippen molar-refractivity contribution in [3.8, 4) is 0 Å². The predicted molar refractivity (Wildman–Crippen MR) is 40.2 cm³/mol. The summed E-state index contributed by atoms with van der Waals surface area (Å²) in [4.78, 5) is 0. The number of benzene rings is 1. The van der Waals surface area contributed by atoms with Crippen LogP contribution in [0, 0.1) is 6.92 Å². The van der Waals surface area contributed by atoms with Crippen molar-refractivity contribution in [3.63, 3.8) is 0 Å². The van der Waals surface area contributed by atoms with E-state index in [2.05, 4.69) is 0 Å². The van der Waals surface area contributed by atoms with Crippen molar-refractivity contribution < 1.29 is 5.02 Å².